The summed E-state index contributed by atoms with van der Waals surface area (Å²) in [4.78, 5) is 0. The summed E-state index contributed by atoms with van der Waals surface area (Å²) in [6.45, 7) is 4.13. The quantitative estimate of drug-likeness (QED) is 0.544. The Morgan fingerprint density at radius 2 is 1.70 bits per heavy atom. The van der Waals surface area contributed by atoms with E-state index in [2.05, 4.69) is 0 Å². The van der Waals surface area contributed by atoms with Gasteiger partial charge >= 0.3 is 0 Å². The highest BCUT2D eigenvalue weighted by Crippen LogP contribution is 2.38. The van der Waals surface area contributed by atoms with Crippen molar-refractivity contribution in [2.45, 2.75) is 58.3 Å². The number of benzene rings is 2. The lowest BCUT2D eigenvalue weighted by Crippen LogP contribution is -2.20. The molecule has 0 aromatic heterocycles. The van der Waals surface area contributed by atoms with Crippen molar-refractivity contribution < 1.29 is 17.9 Å². The highest BCUT2D eigenvalue weighted by atomic mass is 19.2. The lowest BCUT2D eigenvalue weighted by Gasteiger charge is -2.29. The molecule has 1 saturated carbocycles. The van der Waals surface area contributed by atoms with Gasteiger partial charge in [0.2, 0.25) is 0 Å². The second kappa shape index (κ2) is 8.81. The predicted octanol–water partition coefficient (Wildman–Crippen LogP) is 6.72. The molecule has 1 nitrogen and oxygen atoms in total. The summed E-state index contributed by atoms with van der Waals surface area (Å²) >= 11 is 0. The van der Waals surface area contributed by atoms with Crippen molar-refractivity contribution in [1.82, 2.24) is 0 Å². The Balaban J connectivity index is 1.53. The molecule has 0 radical (unpaired) electrons. The third-order valence-electron chi connectivity index (χ3n) is 5.62. The summed E-state index contributed by atoms with van der Waals surface area (Å²) in [6, 6.07) is 8.45. The molecular weight excluding hydrogens is 349 g/mol. The normalized spacial score (nSPS) is 19.9. The first-order valence-corrected chi connectivity index (χ1v) is 9.85. The topological polar surface area (TPSA) is 9.23 Å². The van der Waals surface area contributed by atoms with Crippen LogP contribution in [0.2, 0.25) is 0 Å². The highest BCUT2D eigenvalue weighted by Gasteiger charge is 2.26. The summed E-state index contributed by atoms with van der Waals surface area (Å²) in [6.07, 6.45) is 5.07. The molecule has 0 atom stereocenters. The van der Waals surface area contributed by atoms with Crippen molar-refractivity contribution in [2.75, 3.05) is 6.61 Å². The van der Waals surface area contributed by atoms with Gasteiger partial charge in [0.05, 0.1) is 6.61 Å². The summed E-state index contributed by atoms with van der Waals surface area (Å²) in [5, 5.41) is 0. The number of hydrogen-bond donors (Lipinski definition) is 0. The second-order valence-corrected chi connectivity index (χ2v) is 7.63. The summed E-state index contributed by atoms with van der Waals surface area (Å²) < 4.78 is 47.8. The molecule has 0 aliphatic heterocycles. The SMILES string of the molecule is CCCc1ccc(OCC2CCC(c3ccc(C)c(F)c3F)CC2)cc1F. The molecule has 0 heterocycles. The largest absolute Gasteiger partial charge is 0.493 e. The maximum atomic E-state index is 14.2. The molecule has 4 heteroatoms. The van der Waals surface area contributed by atoms with E-state index in [1.54, 1.807) is 25.1 Å². The third-order valence-corrected chi connectivity index (χ3v) is 5.62. The first-order chi connectivity index (χ1) is 13.0. The molecule has 27 heavy (non-hydrogen) atoms. The predicted molar refractivity (Wildman–Crippen MR) is 102 cm³/mol. The minimum Gasteiger partial charge on any atom is -0.493 e. The van der Waals surface area contributed by atoms with Gasteiger partial charge in [-0.1, -0.05) is 31.5 Å². The number of ether oxygens (including phenoxy) is 1. The smallest absolute Gasteiger partial charge is 0.162 e. The van der Waals surface area contributed by atoms with Crippen molar-refractivity contribution in [3.63, 3.8) is 0 Å². The zero-order valence-corrected chi connectivity index (χ0v) is 16.0. The maximum Gasteiger partial charge on any atom is 0.162 e. The summed E-state index contributed by atoms with van der Waals surface area (Å²) in [7, 11) is 0. The van der Waals surface area contributed by atoms with Crippen LogP contribution in [0.25, 0.3) is 0 Å². The number of aryl methyl sites for hydroxylation is 2. The van der Waals surface area contributed by atoms with Crippen LogP contribution in [-0.4, -0.2) is 6.61 Å². The molecule has 0 spiro atoms. The van der Waals surface area contributed by atoms with Crippen LogP contribution in [0.1, 0.15) is 61.6 Å². The van der Waals surface area contributed by atoms with Crippen LogP contribution in [0.4, 0.5) is 13.2 Å². The summed E-state index contributed by atoms with van der Waals surface area (Å²) in [5.74, 6) is -0.667. The van der Waals surface area contributed by atoms with Crippen molar-refractivity contribution in [3.05, 3.63) is 64.5 Å². The first-order valence-electron chi connectivity index (χ1n) is 9.85. The van der Waals surface area contributed by atoms with Gasteiger partial charge in [-0.25, -0.2) is 13.2 Å². The van der Waals surface area contributed by atoms with Gasteiger partial charge in [-0.15, -0.1) is 0 Å². The van der Waals surface area contributed by atoms with Gasteiger partial charge in [-0.3, -0.25) is 0 Å². The van der Waals surface area contributed by atoms with Crippen LogP contribution >= 0.6 is 0 Å². The number of hydrogen-bond acceptors (Lipinski definition) is 1. The minimum absolute atomic E-state index is 0.0575. The molecule has 2 aromatic rings. The van der Waals surface area contributed by atoms with Gasteiger partial charge in [-0.05, 0) is 73.6 Å². The van der Waals surface area contributed by atoms with E-state index in [9.17, 15) is 13.2 Å². The molecule has 0 N–H and O–H groups in total. The van der Waals surface area contributed by atoms with Crippen molar-refractivity contribution in [1.29, 1.82) is 0 Å². The number of rotatable bonds is 6. The Hall–Kier alpha value is -1.97. The van der Waals surface area contributed by atoms with Crippen molar-refractivity contribution >= 4 is 0 Å². The van der Waals surface area contributed by atoms with E-state index in [1.807, 2.05) is 13.0 Å². The van der Waals surface area contributed by atoms with Crippen LogP contribution < -0.4 is 4.74 Å². The molecule has 146 valence electrons. The molecule has 2 aromatic carbocycles. The molecule has 0 bridgehead atoms. The standard InChI is InChI=1S/C23H27F3O/c1-3-4-18-10-11-19(13-21(18)24)27-14-16-6-8-17(9-7-16)20-12-5-15(2)22(25)23(20)26/h5,10-13,16-17H,3-4,6-9,14H2,1-2H3. The van der Waals surface area contributed by atoms with Gasteiger partial charge in [0.1, 0.15) is 11.6 Å². The summed E-state index contributed by atoms with van der Waals surface area (Å²) in [5.41, 5.74) is 1.55. The van der Waals surface area contributed by atoms with Crippen LogP contribution in [0.3, 0.4) is 0 Å². The van der Waals surface area contributed by atoms with Gasteiger partial charge in [0, 0.05) is 6.07 Å². The fourth-order valence-corrected chi connectivity index (χ4v) is 3.92. The molecule has 1 aliphatic rings. The van der Waals surface area contributed by atoms with Crippen molar-refractivity contribution in [3.8, 4) is 5.75 Å². The van der Waals surface area contributed by atoms with Crippen LogP contribution in [0.15, 0.2) is 30.3 Å². The highest BCUT2D eigenvalue weighted by molar-refractivity contribution is 5.30. The van der Waals surface area contributed by atoms with E-state index in [4.69, 9.17) is 4.74 Å². The van der Waals surface area contributed by atoms with Crippen molar-refractivity contribution in [2.24, 2.45) is 5.92 Å². The molecule has 1 fully saturated rings. The molecule has 0 saturated heterocycles. The Morgan fingerprint density at radius 1 is 0.963 bits per heavy atom. The fourth-order valence-electron chi connectivity index (χ4n) is 3.92. The van der Waals surface area contributed by atoms with Gasteiger partial charge in [0.15, 0.2) is 11.6 Å². The molecule has 1 aliphatic carbocycles. The molecule has 0 amide bonds. The fraction of sp³-hybridized carbons (Fsp3) is 0.478. The number of halogens is 3. The molecular formula is C23H27F3O. The molecule has 0 unspecified atom stereocenters. The third kappa shape index (κ3) is 4.66. The maximum absolute atomic E-state index is 14.2. The Bertz CT molecular complexity index is 779. The lowest BCUT2D eigenvalue weighted by molar-refractivity contribution is 0.198. The van der Waals surface area contributed by atoms with Gasteiger partial charge in [-0.2, -0.15) is 0 Å². The average molecular weight is 376 g/mol. The zero-order chi connectivity index (χ0) is 19.4. The van der Waals surface area contributed by atoms with E-state index >= 15 is 0 Å². The lowest BCUT2D eigenvalue weighted by atomic mass is 9.78. The van der Waals surface area contributed by atoms with E-state index in [0.717, 1.165) is 44.1 Å². The Kier molecular flexibility index (Phi) is 6.46. The monoisotopic (exact) mass is 376 g/mol. The second-order valence-electron chi connectivity index (χ2n) is 7.63. The van der Waals surface area contributed by atoms with Crippen LogP contribution in [-0.2, 0) is 6.42 Å². The molecule has 3 rings (SSSR count). The average Bonchev–Trinajstić information content (AvgIpc) is 2.67. The van der Waals surface area contributed by atoms with Gasteiger partial charge in [0.25, 0.3) is 0 Å². The Morgan fingerprint density at radius 3 is 2.37 bits per heavy atom. The van der Waals surface area contributed by atoms with E-state index in [1.165, 1.54) is 6.07 Å². The van der Waals surface area contributed by atoms with Gasteiger partial charge < -0.3 is 4.74 Å². The Labute approximate surface area is 159 Å². The van der Waals surface area contributed by atoms with E-state index in [-0.39, 0.29) is 11.7 Å². The van der Waals surface area contributed by atoms with Crippen LogP contribution in [0, 0.1) is 30.3 Å². The van der Waals surface area contributed by atoms with E-state index < -0.39 is 11.6 Å². The van der Waals surface area contributed by atoms with Crippen LogP contribution in [0.5, 0.6) is 5.75 Å². The van der Waals surface area contributed by atoms with E-state index in [0.29, 0.717) is 29.4 Å². The minimum atomic E-state index is -0.730. The zero-order valence-electron chi connectivity index (χ0n) is 16.0. The first kappa shape index (κ1) is 19.8.